The van der Waals surface area contributed by atoms with Crippen molar-refractivity contribution in [3.63, 3.8) is 0 Å². The fraction of sp³-hybridized carbons (Fsp3) is 0.333. The molecule has 0 amide bonds. The molecule has 0 spiro atoms. The zero-order valence-corrected chi connectivity index (χ0v) is 10.8. The Kier molecular flexibility index (Phi) is 3.58. The highest BCUT2D eigenvalue weighted by Crippen LogP contribution is 2.11. The standard InChI is InChI=1S/C12H15N3OS/c1-3-15-7-10(4-5-12(15)16)13-6-11-14-9(2)8-17-11/h4-5,7-8,13H,3,6H2,1-2H3. The van der Waals surface area contributed by atoms with Gasteiger partial charge in [-0.15, -0.1) is 11.3 Å². The lowest BCUT2D eigenvalue weighted by Gasteiger charge is -2.07. The van der Waals surface area contributed by atoms with Crippen LogP contribution >= 0.6 is 11.3 Å². The van der Waals surface area contributed by atoms with Crippen LogP contribution in [0.2, 0.25) is 0 Å². The Labute approximate surface area is 104 Å². The maximum Gasteiger partial charge on any atom is 0.250 e. The molecule has 4 nitrogen and oxygen atoms in total. The molecule has 0 fully saturated rings. The fourth-order valence-electron chi connectivity index (χ4n) is 1.54. The lowest BCUT2D eigenvalue weighted by Crippen LogP contribution is -2.17. The first-order chi connectivity index (χ1) is 8.19. The predicted octanol–water partition coefficient (Wildman–Crippen LogP) is 2.25. The van der Waals surface area contributed by atoms with E-state index in [9.17, 15) is 4.79 Å². The maximum atomic E-state index is 11.4. The number of hydrogen-bond acceptors (Lipinski definition) is 4. The number of pyridine rings is 1. The quantitative estimate of drug-likeness (QED) is 0.904. The second kappa shape index (κ2) is 5.14. The zero-order valence-electron chi connectivity index (χ0n) is 9.93. The molecular weight excluding hydrogens is 234 g/mol. The second-order valence-electron chi connectivity index (χ2n) is 3.78. The van der Waals surface area contributed by atoms with Crippen LogP contribution in [0.15, 0.2) is 28.5 Å². The molecule has 0 aliphatic rings. The maximum absolute atomic E-state index is 11.4. The number of anilines is 1. The molecule has 5 heteroatoms. The lowest BCUT2D eigenvalue weighted by atomic mass is 10.4. The van der Waals surface area contributed by atoms with Crippen LogP contribution in [0.25, 0.3) is 0 Å². The number of nitrogens with zero attached hydrogens (tertiary/aromatic N) is 2. The molecule has 0 aliphatic carbocycles. The molecule has 2 aromatic heterocycles. The highest BCUT2D eigenvalue weighted by molar-refractivity contribution is 7.09. The Morgan fingerprint density at radius 2 is 2.29 bits per heavy atom. The molecule has 0 unspecified atom stereocenters. The average Bonchev–Trinajstić information content (AvgIpc) is 2.74. The van der Waals surface area contributed by atoms with Gasteiger partial charge in [-0.1, -0.05) is 0 Å². The van der Waals surface area contributed by atoms with Crippen molar-refractivity contribution in [1.29, 1.82) is 0 Å². The summed E-state index contributed by atoms with van der Waals surface area (Å²) in [6.45, 7) is 5.32. The number of thiazole rings is 1. The molecule has 2 aromatic rings. The van der Waals surface area contributed by atoms with E-state index >= 15 is 0 Å². The Morgan fingerprint density at radius 1 is 1.47 bits per heavy atom. The van der Waals surface area contributed by atoms with Gasteiger partial charge in [0.1, 0.15) is 5.01 Å². The van der Waals surface area contributed by atoms with E-state index in [1.807, 2.05) is 25.4 Å². The molecule has 0 radical (unpaired) electrons. The van der Waals surface area contributed by atoms with E-state index in [0.29, 0.717) is 13.1 Å². The van der Waals surface area contributed by atoms with Crippen molar-refractivity contribution in [2.75, 3.05) is 5.32 Å². The predicted molar refractivity (Wildman–Crippen MR) is 70.6 cm³/mol. The summed E-state index contributed by atoms with van der Waals surface area (Å²) >= 11 is 1.64. The topological polar surface area (TPSA) is 46.9 Å². The number of aromatic nitrogens is 2. The van der Waals surface area contributed by atoms with Gasteiger partial charge in [0.15, 0.2) is 0 Å². The van der Waals surface area contributed by atoms with Gasteiger partial charge in [-0.2, -0.15) is 0 Å². The van der Waals surface area contributed by atoms with Crippen molar-refractivity contribution >= 4 is 17.0 Å². The molecule has 0 saturated carbocycles. The summed E-state index contributed by atoms with van der Waals surface area (Å²) in [6.07, 6.45) is 1.84. The zero-order chi connectivity index (χ0) is 12.3. The first kappa shape index (κ1) is 11.9. The van der Waals surface area contributed by atoms with E-state index in [-0.39, 0.29) is 5.56 Å². The minimum atomic E-state index is 0.0307. The summed E-state index contributed by atoms with van der Waals surface area (Å²) in [6, 6.07) is 3.38. The van der Waals surface area contributed by atoms with Crippen molar-refractivity contribution in [3.05, 3.63) is 44.8 Å². The Bertz CT molecular complexity index is 559. The fourth-order valence-corrected chi connectivity index (χ4v) is 2.26. The summed E-state index contributed by atoms with van der Waals surface area (Å²) in [5.41, 5.74) is 2.02. The van der Waals surface area contributed by atoms with Gasteiger partial charge in [0, 0.05) is 29.9 Å². The van der Waals surface area contributed by atoms with Crippen molar-refractivity contribution in [2.45, 2.75) is 26.9 Å². The van der Waals surface area contributed by atoms with Gasteiger partial charge in [-0.25, -0.2) is 4.98 Å². The summed E-state index contributed by atoms with van der Waals surface area (Å²) < 4.78 is 1.68. The first-order valence-electron chi connectivity index (χ1n) is 5.54. The van der Waals surface area contributed by atoms with Crippen LogP contribution in [0.3, 0.4) is 0 Å². The van der Waals surface area contributed by atoms with E-state index in [1.165, 1.54) is 0 Å². The normalized spacial score (nSPS) is 10.5. The van der Waals surface area contributed by atoms with Gasteiger partial charge in [0.05, 0.1) is 12.2 Å². The lowest BCUT2D eigenvalue weighted by molar-refractivity contribution is 0.727. The van der Waals surface area contributed by atoms with E-state index < -0.39 is 0 Å². The SMILES string of the molecule is CCn1cc(NCc2nc(C)cs2)ccc1=O. The van der Waals surface area contributed by atoms with Crippen LogP contribution < -0.4 is 10.9 Å². The average molecular weight is 249 g/mol. The van der Waals surface area contributed by atoms with Gasteiger partial charge in [-0.05, 0) is 19.9 Å². The van der Waals surface area contributed by atoms with Crippen molar-refractivity contribution in [1.82, 2.24) is 9.55 Å². The molecule has 0 bridgehead atoms. The summed E-state index contributed by atoms with van der Waals surface area (Å²) in [4.78, 5) is 15.8. The first-order valence-corrected chi connectivity index (χ1v) is 6.42. The van der Waals surface area contributed by atoms with E-state index in [2.05, 4.69) is 10.3 Å². The van der Waals surface area contributed by atoms with Crippen LogP contribution in [-0.4, -0.2) is 9.55 Å². The Morgan fingerprint density at radius 3 is 2.94 bits per heavy atom. The molecule has 17 heavy (non-hydrogen) atoms. The highest BCUT2D eigenvalue weighted by atomic mass is 32.1. The van der Waals surface area contributed by atoms with Crippen LogP contribution in [0, 0.1) is 6.92 Å². The molecule has 2 rings (SSSR count). The van der Waals surface area contributed by atoms with E-state index in [0.717, 1.165) is 16.4 Å². The smallest absolute Gasteiger partial charge is 0.250 e. The van der Waals surface area contributed by atoms with Gasteiger partial charge in [0.25, 0.3) is 5.56 Å². The van der Waals surface area contributed by atoms with Crippen LogP contribution in [-0.2, 0) is 13.1 Å². The van der Waals surface area contributed by atoms with Crippen LogP contribution in [0.5, 0.6) is 0 Å². The van der Waals surface area contributed by atoms with Gasteiger partial charge >= 0.3 is 0 Å². The largest absolute Gasteiger partial charge is 0.377 e. The van der Waals surface area contributed by atoms with Gasteiger partial charge in [-0.3, -0.25) is 4.79 Å². The summed E-state index contributed by atoms with van der Waals surface area (Å²) in [5, 5.41) is 6.35. The van der Waals surface area contributed by atoms with Crippen LogP contribution in [0.1, 0.15) is 17.6 Å². The molecule has 1 N–H and O–H groups in total. The molecule has 90 valence electrons. The van der Waals surface area contributed by atoms with Crippen molar-refractivity contribution < 1.29 is 0 Å². The second-order valence-corrected chi connectivity index (χ2v) is 4.72. The van der Waals surface area contributed by atoms with Crippen molar-refractivity contribution in [2.24, 2.45) is 0 Å². The summed E-state index contributed by atoms with van der Waals surface area (Å²) in [7, 11) is 0. The Balaban J connectivity index is 2.06. The van der Waals surface area contributed by atoms with E-state index in [1.54, 1.807) is 28.0 Å². The number of rotatable bonds is 4. The molecule has 0 atom stereocenters. The number of nitrogens with one attached hydrogen (secondary N) is 1. The third-order valence-electron chi connectivity index (χ3n) is 2.43. The number of hydrogen-bond donors (Lipinski definition) is 1. The summed E-state index contributed by atoms with van der Waals surface area (Å²) in [5.74, 6) is 0. The van der Waals surface area contributed by atoms with Gasteiger partial charge in [0.2, 0.25) is 0 Å². The van der Waals surface area contributed by atoms with E-state index in [4.69, 9.17) is 0 Å². The van der Waals surface area contributed by atoms with Crippen molar-refractivity contribution in [3.8, 4) is 0 Å². The molecule has 2 heterocycles. The third kappa shape index (κ3) is 2.94. The minimum absolute atomic E-state index is 0.0307. The number of aryl methyl sites for hydroxylation is 2. The van der Waals surface area contributed by atoms with Gasteiger partial charge < -0.3 is 9.88 Å². The third-order valence-corrected chi connectivity index (χ3v) is 3.40. The molecule has 0 aliphatic heterocycles. The molecular formula is C12H15N3OS. The monoisotopic (exact) mass is 249 g/mol. The molecule has 0 saturated heterocycles. The minimum Gasteiger partial charge on any atom is -0.377 e. The highest BCUT2D eigenvalue weighted by Gasteiger charge is 2.00. The Hall–Kier alpha value is -1.62. The molecule has 0 aromatic carbocycles. The van der Waals surface area contributed by atoms with Crippen LogP contribution in [0.4, 0.5) is 5.69 Å².